The molecule has 4 bridgehead atoms. The van der Waals surface area contributed by atoms with Gasteiger partial charge in [-0.25, -0.2) is 4.79 Å². The Labute approximate surface area is 138 Å². The SMILES string of the molecule is CC(C)(C)OC(=O)NC1[C@@H]2CC3C[C@H]1CC(C(N)=O)(C3)C2.Cl. The van der Waals surface area contributed by atoms with Crippen LogP contribution in [0.25, 0.3) is 0 Å². The van der Waals surface area contributed by atoms with Gasteiger partial charge in [0.15, 0.2) is 0 Å². The number of rotatable bonds is 2. The van der Waals surface area contributed by atoms with E-state index in [1.54, 1.807) is 0 Å². The summed E-state index contributed by atoms with van der Waals surface area (Å²) in [7, 11) is 0. The Morgan fingerprint density at radius 3 is 2.14 bits per heavy atom. The molecule has 6 heteroatoms. The van der Waals surface area contributed by atoms with Crippen molar-refractivity contribution in [2.75, 3.05) is 0 Å². The van der Waals surface area contributed by atoms with Crippen molar-refractivity contribution >= 4 is 24.4 Å². The van der Waals surface area contributed by atoms with Crippen LogP contribution in [0.5, 0.6) is 0 Å². The number of nitrogens with one attached hydrogen (secondary N) is 1. The molecular formula is C16H27ClN2O3. The van der Waals surface area contributed by atoms with Gasteiger partial charge in [0, 0.05) is 11.5 Å². The normalized spacial score (nSPS) is 39.0. The van der Waals surface area contributed by atoms with Gasteiger partial charge in [-0.3, -0.25) is 4.79 Å². The molecule has 0 aromatic rings. The highest BCUT2D eigenvalue weighted by atomic mass is 35.5. The van der Waals surface area contributed by atoms with Crippen molar-refractivity contribution in [1.29, 1.82) is 0 Å². The molecule has 0 heterocycles. The van der Waals surface area contributed by atoms with Gasteiger partial charge >= 0.3 is 6.09 Å². The third-order valence-corrected chi connectivity index (χ3v) is 5.48. The fraction of sp³-hybridized carbons (Fsp3) is 0.875. The fourth-order valence-corrected chi connectivity index (χ4v) is 5.01. The van der Waals surface area contributed by atoms with E-state index in [0.29, 0.717) is 17.8 Å². The van der Waals surface area contributed by atoms with Gasteiger partial charge in [-0.1, -0.05) is 0 Å². The molecule has 3 unspecified atom stereocenters. The number of amides is 2. The lowest BCUT2D eigenvalue weighted by molar-refractivity contribution is -0.145. The maximum Gasteiger partial charge on any atom is 0.407 e. The predicted molar refractivity (Wildman–Crippen MR) is 85.6 cm³/mol. The zero-order valence-corrected chi connectivity index (χ0v) is 14.4. The summed E-state index contributed by atoms with van der Waals surface area (Å²) in [6.45, 7) is 5.60. The lowest BCUT2D eigenvalue weighted by atomic mass is 9.47. The van der Waals surface area contributed by atoms with Crippen molar-refractivity contribution in [3.8, 4) is 0 Å². The highest BCUT2D eigenvalue weighted by Gasteiger charge is 2.58. The number of alkyl carbamates (subject to hydrolysis) is 1. The molecule has 126 valence electrons. The first kappa shape index (κ1) is 17.4. The maximum atomic E-state index is 12.0. The van der Waals surface area contributed by atoms with Crippen LogP contribution in [0.4, 0.5) is 4.79 Å². The van der Waals surface area contributed by atoms with Crippen LogP contribution in [0, 0.1) is 23.2 Å². The van der Waals surface area contributed by atoms with Crippen molar-refractivity contribution in [2.24, 2.45) is 28.9 Å². The van der Waals surface area contributed by atoms with E-state index in [4.69, 9.17) is 10.5 Å². The summed E-state index contributed by atoms with van der Waals surface area (Å²) in [5.74, 6) is 1.21. The van der Waals surface area contributed by atoms with Gasteiger partial charge in [-0.05, 0) is 70.6 Å². The molecule has 2 amide bonds. The molecule has 0 spiro atoms. The standard InChI is InChI=1S/C16H26N2O3.ClH/c1-15(2,3)21-14(20)18-12-10-4-9-5-11(12)8-16(6-9,7-10)13(17)19;/h9-12H,4-8H2,1-3H3,(H2,17,19)(H,18,20);1H/t9?,10-,11+,12?,16?;. The highest BCUT2D eigenvalue weighted by molar-refractivity contribution is 5.85. The number of halogens is 1. The first-order chi connectivity index (χ1) is 9.68. The number of ether oxygens (including phenoxy) is 1. The number of hydrogen-bond acceptors (Lipinski definition) is 3. The largest absolute Gasteiger partial charge is 0.444 e. The molecule has 4 aliphatic carbocycles. The Balaban J connectivity index is 0.00000176. The van der Waals surface area contributed by atoms with E-state index >= 15 is 0 Å². The molecular weight excluding hydrogens is 304 g/mol. The third kappa shape index (κ3) is 3.05. The number of primary amides is 1. The van der Waals surface area contributed by atoms with Crippen LogP contribution in [-0.4, -0.2) is 23.6 Å². The average Bonchev–Trinajstić information content (AvgIpc) is 2.30. The minimum absolute atomic E-state index is 0. The molecule has 3 N–H and O–H groups in total. The smallest absolute Gasteiger partial charge is 0.407 e. The van der Waals surface area contributed by atoms with Crippen LogP contribution in [0.2, 0.25) is 0 Å². The number of nitrogens with two attached hydrogens (primary N) is 1. The summed E-state index contributed by atoms with van der Waals surface area (Å²) >= 11 is 0. The summed E-state index contributed by atoms with van der Waals surface area (Å²) in [5, 5.41) is 3.06. The van der Waals surface area contributed by atoms with Gasteiger partial charge in [-0.15, -0.1) is 12.4 Å². The van der Waals surface area contributed by atoms with Crippen LogP contribution >= 0.6 is 12.4 Å². The van der Waals surface area contributed by atoms with Gasteiger partial charge in [0.05, 0.1) is 0 Å². The van der Waals surface area contributed by atoms with Crippen LogP contribution in [-0.2, 0) is 9.53 Å². The molecule has 5 atom stereocenters. The van der Waals surface area contributed by atoms with Gasteiger partial charge < -0.3 is 15.8 Å². The second kappa shape index (κ2) is 5.59. The topological polar surface area (TPSA) is 81.4 Å². The molecule has 5 nitrogen and oxygen atoms in total. The molecule has 0 saturated heterocycles. The average molecular weight is 331 g/mol. The van der Waals surface area contributed by atoms with Gasteiger partial charge in [0.25, 0.3) is 0 Å². The zero-order chi connectivity index (χ0) is 15.4. The molecule has 0 aromatic heterocycles. The van der Waals surface area contributed by atoms with Crippen LogP contribution in [0.1, 0.15) is 52.9 Å². The van der Waals surface area contributed by atoms with E-state index in [1.165, 1.54) is 0 Å². The van der Waals surface area contributed by atoms with Crippen molar-refractivity contribution in [1.82, 2.24) is 5.32 Å². The van der Waals surface area contributed by atoms with Crippen molar-refractivity contribution in [3.05, 3.63) is 0 Å². The molecule has 4 fully saturated rings. The van der Waals surface area contributed by atoms with E-state index in [0.717, 1.165) is 32.1 Å². The molecule has 0 aromatic carbocycles. The molecule has 4 rings (SSSR count). The van der Waals surface area contributed by atoms with Crippen molar-refractivity contribution < 1.29 is 14.3 Å². The van der Waals surface area contributed by atoms with Crippen LogP contribution in [0.3, 0.4) is 0 Å². The second-order valence-electron chi connectivity index (χ2n) is 8.29. The lowest BCUT2D eigenvalue weighted by Crippen LogP contribution is -2.62. The number of hydrogen-bond donors (Lipinski definition) is 2. The van der Waals surface area contributed by atoms with Crippen molar-refractivity contribution in [2.45, 2.75) is 64.5 Å². The van der Waals surface area contributed by atoms with E-state index < -0.39 is 5.60 Å². The molecule has 0 aliphatic heterocycles. The number of carbonyl (C=O) groups excluding carboxylic acids is 2. The lowest BCUT2D eigenvalue weighted by Gasteiger charge is -2.58. The number of carbonyl (C=O) groups is 2. The Bertz CT molecular complexity index is 459. The summed E-state index contributed by atoms with van der Waals surface area (Å²) in [4.78, 5) is 23.9. The Morgan fingerprint density at radius 1 is 1.14 bits per heavy atom. The summed E-state index contributed by atoms with van der Waals surface area (Å²) in [6.07, 6.45) is 4.48. The van der Waals surface area contributed by atoms with Gasteiger partial charge in [-0.2, -0.15) is 0 Å². The highest BCUT2D eigenvalue weighted by Crippen LogP contribution is 2.59. The molecule has 22 heavy (non-hydrogen) atoms. The zero-order valence-electron chi connectivity index (χ0n) is 13.6. The minimum atomic E-state index is -0.482. The Morgan fingerprint density at radius 2 is 1.68 bits per heavy atom. The predicted octanol–water partition coefficient (Wildman–Crippen LogP) is 2.61. The third-order valence-electron chi connectivity index (χ3n) is 5.48. The second-order valence-corrected chi connectivity index (χ2v) is 8.29. The Kier molecular flexibility index (Phi) is 4.42. The van der Waals surface area contributed by atoms with E-state index in [2.05, 4.69) is 5.32 Å². The summed E-state index contributed by atoms with van der Waals surface area (Å²) in [5.41, 5.74) is 4.89. The van der Waals surface area contributed by atoms with Gasteiger partial charge in [0.2, 0.25) is 5.91 Å². The van der Waals surface area contributed by atoms with Crippen molar-refractivity contribution in [3.63, 3.8) is 0 Å². The maximum absolute atomic E-state index is 12.0. The molecule has 4 aliphatic rings. The first-order valence-electron chi connectivity index (χ1n) is 7.98. The monoisotopic (exact) mass is 330 g/mol. The fourth-order valence-electron chi connectivity index (χ4n) is 5.01. The minimum Gasteiger partial charge on any atom is -0.444 e. The van der Waals surface area contributed by atoms with Gasteiger partial charge in [0.1, 0.15) is 5.60 Å². The van der Waals surface area contributed by atoms with E-state index in [-0.39, 0.29) is 35.9 Å². The summed E-state index contributed by atoms with van der Waals surface area (Å²) < 4.78 is 5.37. The van der Waals surface area contributed by atoms with Crippen LogP contribution in [0.15, 0.2) is 0 Å². The van der Waals surface area contributed by atoms with Crippen LogP contribution < -0.4 is 11.1 Å². The summed E-state index contributed by atoms with van der Waals surface area (Å²) in [6, 6.07) is 0.142. The molecule has 0 radical (unpaired) electrons. The first-order valence-corrected chi connectivity index (χ1v) is 7.98. The Hall–Kier alpha value is -0.970. The van der Waals surface area contributed by atoms with E-state index in [9.17, 15) is 9.59 Å². The van der Waals surface area contributed by atoms with E-state index in [1.807, 2.05) is 20.8 Å². The molecule has 4 saturated carbocycles. The quantitative estimate of drug-likeness (QED) is 0.816.